The molecule has 1 amide bonds. The Morgan fingerprint density at radius 1 is 1.28 bits per heavy atom. The van der Waals surface area contributed by atoms with E-state index < -0.39 is 16.9 Å². The molecular formula is C26H28ClNO4. The number of benzene rings is 1. The van der Waals surface area contributed by atoms with Gasteiger partial charge in [-0.25, -0.2) is 0 Å². The van der Waals surface area contributed by atoms with Gasteiger partial charge in [0, 0.05) is 17.4 Å². The molecule has 6 heteroatoms. The molecule has 5 nitrogen and oxygen atoms in total. The van der Waals surface area contributed by atoms with Gasteiger partial charge >= 0.3 is 5.97 Å². The highest BCUT2D eigenvalue weighted by Crippen LogP contribution is 2.45. The van der Waals surface area contributed by atoms with Crippen LogP contribution in [0.25, 0.3) is 5.57 Å². The number of carbonyl (C=O) groups is 2. The van der Waals surface area contributed by atoms with Crippen LogP contribution in [0.2, 0.25) is 5.02 Å². The number of hydrogen-bond donors (Lipinski definition) is 1. The maximum absolute atomic E-state index is 13.4. The molecule has 32 heavy (non-hydrogen) atoms. The molecule has 1 aliphatic heterocycles. The lowest BCUT2D eigenvalue weighted by molar-refractivity contribution is -0.150. The van der Waals surface area contributed by atoms with E-state index in [2.05, 4.69) is 23.3 Å². The number of terminal acetylenes is 1. The molecule has 1 N–H and O–H groups in total. The topological polar surface area (TPSA) is 64.6 Å². The van der Waals surface area contributed by atoms with Gasteiger partial charge in [-0.2, -0.15) is 0 Å². The first-order valence-electron chi connectivity index (χ1n) is 10.7. The molecule has 168 valence electrons. The molecule has 1 spiro atoms. The van der Waals surface area contributed by atoms with Gasteiger partial charge in [0.2, 0.25) is 0 Å². The summed E-state index contributed by atoms with van der Waals surface area (Å²) in [5.74, 6) is 4.37. The van der Waals surface area contributed by atoms with Gasteiger partial charge in [-0.15, -0.1) is 6.42 Å². The van der Waals surface area contributed by atoms with E-state index in [1.807, 2.05) is 13.8 Å². The first-order valence-corrected chi connectivity index (χ1v) is 11.0. The Kier molecular flexibility index (Phi) is 6.63. The van der Waals surface area contributed by atoms with Gasteiger partial charge in [0.15, 0.2) is 0 Å². The summed E-state index contributed by atoms with van der Waals surface area (Å²) in [7, 11) is 0. The van der Waals surface area contributed by atoms with Gasteiger partial charge in [0.25, 0.3) is 5.91 Å². The van der Waals surface area contributed by atoms with Gasteiger partial charge in [-0.05, 0) is 88.6 Å². The van der Waals surface area contributed by atoms with Crippen molar-refractivity contribution in [1.82, 2.24) is 5.32 Å². The van der Waals surface area contributed by atoms with E-state index in [0.717, 1.165) is 29.5 Å². The summed E-state index contributed by atoms with van der Waals surface area (Å²) in [6, 6.07) is 3.61. The third-order valence-electron chi connectivity index (χ3n) is 5.85. The molecule has 0 radical (unpaired) electrons. The molecule has 1 aromatic rings. The lowest BCUT2D eigenvalue weighted by Crippen LogP contribution is -2.50. The zero-order valence-electron chi connectivity index (χ0n) is 19.1. The Hall–Kier alpha value is -2.89. The second-order valence-electron chi connectivity index (χ2n) is 9.50. The molecule has 0 saturated heterocycles. The van der Waals surface area contributed by atoms with Crippen LogP contribution in [0, 0.1) is 43.6 Å². The maximum Gasteiger partial charge on any atom is 0.316 e. The Balaban J connectivity index is 2.16. The average molecular weight is 454 g/mol. The summed E-state index contributed by atoms with van der Waals surface area (Å²) >= 11 is 6.22. The first kappa shape index (κ1) is 23.8. The number of hydrogen-bond acceptors (Lipinski definition) is 4. The van der Waals surface area contributed by atoms with E-state index in [1.165, 1.54) is 0 Å². The minimum atomic E-state index is -0.855. The van der Waals surface area contributed by atoms with E-state index in [4.69, 9.17) is 27.5 Å². The third kappa shape index (κ3) is 4.64. The summed E-state index contributed by atoms with van der Waals surface area (Å²) in [5.41, 5.74) is 1.19. The third-order valence-corrected chi connectivity index (χ3v) is 6.07. The molecule has 2 atom stereocenters. The van der Waals surface area contributed by atoms with Gasteiger partial charge in [-0.1, -0.05) is 11.6 Å². The molecule has 0 aromatic heterocycles. The normalized spacial score (nSPS) is 22.7. The average Bonchev–Trinajstić information content (AvgIpc) is 2.92. The van der Waals surface area contributed by atoms with Crippen LogP contribution < -0.4 is 5.32 Å². The summed E-state index contributed by atoms with van der Waals surface area (Å²) in [5, 5.41) is 3.71. The van der Waals surface area contributed by atoms with Crippen LogP contribution in [0.3, 0.4) is 0 Å². The van der Waals surface area contributed by atoms with Crippen molar-refractivity contribution >= 4 is 29.1 Å². The summed E-state index contributed by atoms with van der Waals surface area (Å²) in [6.45, 7) is 9.14. The van der Waals surface area contributed by atoms with Crippen LogP contribution >= 0.6 is 11.6 Å². The number of aryl methyl sites for hydroxylation is 2. The summed E-state index contributed by atoms with van der Waals surface area (Å²) < 4.78 is 11.7. The van der Waals surface area contributed by atoms with Crippen LogP contribution in [0.15, 0.2) is 17.9 Å². The number of ether oxygens (including phenoxy) is 2. The first-order chi connectivity index (χ1) is 15.0. The Morgan fingerprint density at radius 3 is 2.53 bits per heavy atom. The highest BCUT2D eigenvalue weighted by molar-refractivity contribution is 6.31. The Labute approximate surface area is 194 Å². The van der Waals surface area contributed by atoms with Crippen LogP contribution in [0.1, 0.15) is 63.1 Å². The lowest BCUT2D eigenvalue weighted by Gasteiger charge is -2.38. The number of amides is 1. The van der Waals surface area contributed by atoms with Crippen molar-refractivity contribution in [1.29, 1.82) is 0 Å². The van der Waals surface area contributed by atoms with Crippen molar-refractivity contribution in [2.45, 2.75) is 71.9 Å². The van der Waals surface area contributed by atoms with Gasteiger partial charge in [0.1, 0.15) is 23.5 Å². The monoisotopic (exact) mass is 453 g/mol. The van der Waals surface area contributed by atoms with Crippen molar-refractivity contribution in [2.24, 2.45) is 5.41 Å². The Morgan fingerprint density at radius 2 is 1.94 bits per heavy atom. The lowest BCUT2D eigenvalue weighted by atomic mass is 9.78. The number of carbonyl (C=O) groups excluding carboxylic acids is 2. The fraction of sp³-hybridized carbons (Fsp3) is 0.462. The molecule has 1 saturated carbocycles. The quantitative estimate of drug-likeness (QED) is 0.533. The van der Waals surface area contributed by atoms with Gasteiger partial charge < -0.3 is 14.8 Å². The zero-order valence-corrected chi connectivity index (χ0v) is 19.9. The fourth-order valence-electron chi connectivity index (χ4n) is 4.39. The van der Waals surface area contributed by atoms with Crippen molar-refractivity contribution in [2.75, 3.05) is 0 Å². The number of rotatable bonds is 3. The highest BCUT2D eigenvalue weighted by Gasteiger charge is 2.52. The predicted octanol–water partition coefficient (Wildman–Crippen LogP) is 4.68. The predicted molar refractivity (Wildman–Crippen MR) is 124 cm³/mol. The molecule has 1 fully saturated rings. The number of halogens is 1. The smallest absolute Gasteiger partial charge is 0.316 e. The standard InChI is InChI=1S/C26H28ClNO4/c1-7-8-12-31-19-10-9-11-26(15-19)22(32-24(30)25(4,5)6)21(23(29)28-26)20-16(2)13-18(27)14-17(20)3/h1,13-14,19H,9-11,15H2,2-6H3,(H,28,29). The minimum Gasteiger partial charge on any atom is -0.443 e. The molecule has 1 aliphatic carbocycles. The van der Waals surface area contributed by atoms with Crippen LogP contribution in [0.4, 0.5) is 0 Å². The van der Waals surface area contributed by atoms with Crippen LogP contribution in [-0.4, -0.2) is 23.5 Å². The number of nitrogens with one attached hydrogen (secondary N) is 1. The molecule has 0 bridgehead atoms. The number of esters is 1. The molecule has 3 rings (SSSR count). The Bertz CT molecular complexity index is 1070. The molecular weight excluding hydrogens is 426 g/mol. The van der Waals surface area contributed by atoms with E-state index in [9.17, 15) is 9.59 Å². The van der Waals surface area contributed by atoms with Crippen molar-refractivity contribution < 1.29 is 19.1 Å². The van der Waals surface area contributed by atoms with E-state index in [0.29, 0.717) is 29.2 Å². The molecule has 1 heterocycles. The zero-order chi connectivity index (χ0) is 23.7. The largest absolute Gasteiger partial charge is 0.443 e. The van der Waals surface area contributed by atoms with Crippen LogP contribution in [-0.2, 0) is 19.1 Å². The highest BCUT2D eigenvalue weighted by atomic mass is 35.5. The SMILES string of the molecule is C#CC#COC1CCCC2(C1)NC(=O)C(c1c(C)cc(Cl)cc1C)=C2OC(=O)C(C)(C)C. The fourth-order valence-corrected chi connectivity index (χ4v) is 4.72. The summed E-state index contributed by atoms with van der Waals surface area (Å²) in [6.07, 6.45) is 10.1. The van der Waals surface area contributed by atoms with Crippen molar-refractivity contribution in [3.05, 3.63) is 39.6 Å². The van der Waals surface area contributed by atoms with E-state index >= 15 is 0 Å². The maximum atomic E-state index is 13.4. The van der Waals surface area contributed by atoms with Gasteiger partial charge in [-0.3, -0.25) is 9.59 Å². The second-order valence-corrected chi connectivity index (χ2v) is 9.94. The molecule has 1 aromatic carbocycles. The molecule has 2 aliphatic rings. The molecule has 2 unspecified atom stereocenters. The van der Waals surface area contributed by atoms with E-state index in [1.54, 1.807) is 32.9 Å². The van der Waals surface area contributed by atoms with Crippen molar-refractivity contribution in [3.63, 3.8) is 0 Å². The minimum absolute atomic E-state index is 0.250. The van der Waals surface area contributed by atoms with E-state index in [-0.39, 0.29) is 12.0 Å². The van der Waals surface area contributed by atoms with Crippen molar-refractivity contribution in [3.8, 4) is 24.4 Å². The van der Waals surface area contributed by atoms with Crippen LogP contribution in [0.5, 0.6) is 0 Å². The van der Waals surface area contributed by atoms with Gasteiger partial charge in [0.05, 0.1) is 11.0 Å². The summed E-state index contributed by atoms with van der Waals surface area (Å²) in [4.78, 5) is 26.3. The second kappa shape index (κ2) is 8.93.